The SMILES string of the molecule is CCCSc1nc(N2CCCC2)c2cnn(CCNC(=O)c3ccccc3C(F)(F)F)c2n1. The van der Waals surface area contributed by atoms with Gasteiger partial charge in [0.15, 0.2) is 10.8 Å². The molecule has 3 aromatic rings. The molecular formula is C22H25F3N6OS. The van der Waals surface area contributed by atoms with Crippen molar-refractivity contribution in [2.45, 2.75) is 44.1 Å². The average Bonchev–Trinajstić information content (AvgIpc) is 3.47. The summed E-state index contributed by atoms with van der Waals surface area (Å²) in [5, 5.41) is 8.51. The molecule has 11 heteroatoms. The Bertz CT molecular complexity index is 1130. The lowest BCUT2D eigenvalue weighted by molar-refractivity contribution is -0.137. The second-order valence-corrected chi connectivity index (χ2v) is 8.84. The molecule has 7 nitrogen and oxygen atoms in total. The Morgan fingerprint density at radius 3 is 2.67 bits per heavy atom. The van der Waals surface area contributed by atoms with Gasteiger partial charge in [-0.15, -0.1) is 0 Å². The van der Waals surface area contributed by atoms with E-state index in [1.807, 2.05) is 0 Å². The molecule has 2 aromatic heterocycles. The summed E-state index contributed by atoms with van der Waals surface area (Å²) in [7, 11) is 0. The van der Waals surface area contributed by atoms with Gasteiger partial charge >= 0.3 is 6.18 Å². The highest BCUT2D eigenvalue weighted by molar-refractivity contribution is 7.99. The third-order valence-electron chi connectivity index (χ3n) is 5.38. The van der Waals surface area contributed by atoms with Gasteiger partial charge in [0.2, 0.25) is 0 Å². The summed E-state index contributed by atoms with van der Waals surface area (Å²) in [5.74, 6) is 0.991. The van der Waals surface area contributed by atoms with E-state index in [1.165, 1.54) is 18.2 Å². The third-order valence-corrected chi connectivity index (χ3v) is 6.44. The topological polar surface area (TPSA) is 75.9 Å². The zero-order valence-electron chi connectivity index (χ0n) is 18.2. The van der Waals surface area contributed by atoms with Crippen molar-refractivity contribution in [2.75, 3.05) is 30.3 Å². The molecule has 0 radical (unpaired) electrons. The molecule has 0 atom stereocenters. The van der Waals surface area contributed by atoms with Crippen molar-refractivity contribution in [3.8, 4) is 0 Å². The van der Waals surface area contributed by atoms with Crippen LogP contribution in [-0.2, 0) is 12.7 Å². The van der Waals surface area contributed by atoms with Crippen molar-refractivity contribution in [1.29, 1.82) is 0 Å². The molecule has 0 saturated carbocycles. The number of hydrogen-bond donors (Lipinski definition) is 1. The average molecular weight is 479 g/mol. The highest BCUT2D eigenvalue weighted by atomic mass is 32.2. The molecule has 1 fully saturated rings. The van der Waals surface area contributed by atoms with Crippen LogP contribution in [0.3, 0.4) is 0 Å². The van der Waals surface area contributed by atoms with Gasteiger partial charge in [0.25, 0.3) is 5.91 Å². The van der Waals surface area contributed by atoms with Gasteiger partial charge in [0, 0.05) is 25.4 Å². The van der Waals surface area contributed by atoms with E-state index in [4.69, 9.17) is 4.98 Å². The molecular weight excluding hydrogens is 453 g/mol. The number of amides is 1. The third kappa shape index (κ3) is 5.23. The van der Waals surface area contributed by atoms with Crippen molar-refractivity contribution in [1.82, 2.24) is 25.1 Å². The van der Waals surface area contributed by atoms with Crippen LogP contribution in [0, 0.1) is 0 Å². The molecule has 0 bridgehead atoms. The minimum Gasteiger partial charge on any atom is -0.356 e. The minimum atomic E-state index is -4.60. The van der Waals surface area contributed by atoms with Crippen LogP contribution in [0.4, 0.5) is 19.0 Å². The summed E-state index contributed by atoms with van der Waals surface area (Å²) in [4.78, 5) is 24.1. The van der Waals surface area contributed by atoms with Crippen molar-refractivity contribution in [3.05, 3.63) is 41.6 Å². The Hall–Kier alpha value is -2.82. The molecule has 1 aromatic carbocycles. The maximum atomic E-state index is 13.2. The first-order valence-electron chi connectivity index (χ1n) is 10.9. The lowest BCUT2D eigenvalue weighted by Gasteiger charge is -2.18. The number of carbonyl (C=O) groups excluding carboxylic acids is 1. The Balaban J connectivity index is 1.52. The number of alkyl halides is 3. The van der Waals surface area contributed by atoms with Gasteiger partial charge in [-0.05, 0) is 31.4 Å². The molecule has 1 aliphatic heterocycles. The molecule has 1 N–H and O–H groups in total. The number of nitrogens with one attached hydrogen (secondary N) is 1. The number of carbonyl (C=O) groups is 1. The van der Waals surface area contributed by atoms with Gasteiger partial charge < -0.3 is 10.2 Å². The van der Waals surface area contributed by atoms with Gasteiger partial charge in [-0.2, -0.15) is 18.3 Å². The maximum absolute atomic E-state index is 13.2. The van der Waals surface area contributed by atoms with E-state index >= 15 is 0 Å². The number of hydrogen-bond acceptors (Lipinski definition) is 6. The van der Waals surface area contributed by atoms with E-state index < -0.39 is 23.2 Å². The van der Waals surface area contributed by atoms with Crippen LogP contribution in [0.5, 0.6) is 0 Å². The second-order valence-electron chi connectivity index (χ2n) is 7.78. The summed E-state index contributed by atoms with van der Waals surface area (Å²) in [6, 6.07) is 4.76. The Labute approximate surface area is 193 Å². The number of halogens is 3. The van der Waals surface area contributed by atoms with Crippen LogP contribution < -0.4 is 10.2 Å². The smallest absolute Gasteiger partial charge is 0.356 e. The van der Waals surface area contributed by atoms with E-state index in [0.717, 1.165) is 55.4 Å². The molecule has 1 aliphatic rings. The molecule has 0 aliphatic carbocycles. The first kappa shape index (κ1) is 23.3. The summed E-state index contributed by atoms with van der Waals surface area (Å²) in [6.45, 7) is 4.35. The summed E-state index contributed by atoms with van der Waals surface area (Å²) in [6.07, 6.45) is 0.348. The van der Waals surface area contributed by atoms with Gasteiger partial charge in [-0.25, -0.2) is 14.6 Å². The van der Waals surface area contributed by atoms with E-state index in [0.29, 0.717) is 10.8 Å². The molecule has 33 heavy (non-hydrogen) atoms. The number of benzene rings is 1. The monoisotopic (exact) mass is 478 g/mol. The van der Waals surface area contributed by atoms with Crippen LogP contribution in [0.1, 0.15) is 42.1 Å². The number of nitrogens with zero attached hydrogens (tertiary/aromatic N) is 5. The van der Waals surface area contributed by atoms with Crippen molar-refractivity contribution < 1.29 is 18.0 Å². The largest absolute Gasteiger partial charge is 0.417 e. The maximum Gasteiger partial charge on any atom is 0.417 e. The number of aromatic nitrogens is 4. The van der Waals surface area contributed by atoms with Crippen LogP contribution >= 0.6 is 11.8 Å². The zero-order valence-corrected chi connectivity index (χ0v) is 19.0. The summed E-state index contributed by atoms with van der Waals surface area (Å²) in [5.41, 5.74) is -0.685. The lowest BCUT2D eigenvalue weighted by atomic mass is 10.1. The molecule has 4 rings (SSSR count). The standard InChI is InChI=1S/C22H25F3N6OS/c1-2-13-33-21-28-18(30-10-5-6-11-30)16-14-27-31(19(16)29-21)12-9-26-20(32)15-7-3-4-8-17(15)22(23,24)25/h3-4,7-8,14H,2,5-6,9-13H2,1H3,(H,26,32). The van der Waals surface area contributed by atoms with Crippen LogP contribution in [0.2, 0.25) is 0 Å². The molecule has 3 heterocycles. The highest BCUT2D eigenvalue weighted by Crippen LogP contribution is 2.32. The summed E-state index contributed by atoms with van der Waals surface area (Å²) >= 11 is 1.58. The van der Waals surface area contributed by atoms with Gasteiger partial charge in [-0.3, -0.25) is 4.79 Å². The summed E-state index contributed by atoms with van der Waals surface area (Å²) < 4.78 is 41.3. The van der Waals surface area contributed by atoms with Crippen molar-refractivity contribution in [3.63, 3.8) is 0 Å². The van der Waals surface area contributed by atoms with Crippen LogP contribution in [0.25, 0.3) is 11.0 Å². The number of rotatable bonds is 8. The minimum absolute atomic E-state index is 0.113. The molecule has 0 unspecified atom stereocenters. The number of thioether (sulfide) groups is 1. The normalized spacial score (nSPS) is 14.2. The molecule has 176 valence electrons. The van der Waals surface area contributed by atoms with Gasteiger partial charge in [0.05, 0.1) is 29.3 Å². The Morgan fingerprint density at radius 2 is 1.94 bits per heavy atom. The van der Waals surface area contributed by atoms with Crippen molar-refractivity contribution in [2.24, 2.45) is 0 Å². The first-order chi connectivity index (χ1) is 15.9. The zero-order chi connectivity index (χ0) is 23.4. The van der Waals surface area contributed by atoms with Crippen LogP contribution in [-0.4, -0.2) is 51.0 Å². The van der Waals surface area contributed by atoms with E-state index in [-0.39, 0.29) is 13.1 Å². The fourth-order valence-corrected chi connectivity index (χ4v) is 4.50. The fraction of sp³-hybridized carbons (Fsp3) is 0.455. The van der Waals surface area contributed by atoms with E-state index in [1.54, 1.807) is 22.6 Å². The second kappa shape index (κ2) is 9.98. The quantitative estimate of drug-likeness (QED) is 0.383. The predicted octanol–water partition coefficient (Wildman–Crippen LogP) is 4.38. The van der Waals surface area contributed by atoms with Crippen LogP contribution in [0.15, 0.2) is 35.6 Å². The Morgan fingerprint density at radius 1 is 1.18 bits per heavy atom. The Kier molecular flexibility index (Phi) is 7.06. The predicted molar refractivity (Wildman–Crippen MR) is 122 cm³/mol. The number of fused-ring (bicyclic) bond motifs is 1. The van der Waals surface area contributed by atoms with Crippen molar-refractivity contribution >= 4 is 34.5 Å². The molecule has 0 spiro atoms. The molecule has 1 saturated heterocycles. The van der Waals surface area contributed by atoms with E-state index in [9.17, 15) is 18.0 Å². The number of anilines is 1. The molecule has 1 amide bonds. The van der Waals surface area contributed by atoms with E-state index in [2.05, 4.69) is 27.2 Å². The fourth-order valence-electron chi connectivity index (χ4n) is 3.81. The highest BCUT2D eigenvalue weighted by Gasteiger charge is 2.34. The first-order valence-corrected chi connectivity index (χ1v) is 11.9. The van der Waals surface area contributed by atoms with Gasteiger partial charge in [-0.1, -0.05) is 30.8 Å². The van der Waals surface area contributed by atoms with Gasteiger partial charge in [0.1, 0.15) is 5.82 Å². The lowest BCUT2D eigenvalue weighted by Crippen LogP contribution is -2.29.